The minimum Gasteiger partial charge on any atom is -0.299 e. The summed E-state index contributed by atoms with van der Waals surface area (Å²) in [6.07, 6.45) is 4.71. The van der Waals surface area contributed by atoms with Gasteiger partial charge in [-0.15, -0.1) is 0 Å². The van der Waals surface area contributed by atoms with Gasteiger partial charge >= 0.3 is 0 Å². The van der Waals surface area contributed by atoms with Gasteiger partial charge in [0.2, 0.25) is 0 Å². The first-order chi connectivity index (χ1) is 5.75. The molecule has 2 nitrogen and oxygen atoms in total. The van der Waals surface area contributed by atoms with Gasteiger partial charge in [0, 0.05) is 0 Å². The molecule has 0 amide bonds. The standard InChI is InChI=1S/C10H18N2/c1-3-12-10(8-11)7-5-4-6-9(10)2/h9,12H,3-7H2,1-2H3. The van der Waals surface area contributed by atoms with Crippen LogP contribution in [0.15, 0.2) is 0 Å². The molecule has 0 radical (unpaired) electrons. The van der Waals surface area contributed by atoms with Gasteiger partial charge in [-0.05, 0) is 25.3 Å². The second-order valence-corrected chi connectivity index (χ2v) is 3.76. The lowest BCUT2D eigenvalue weighted by molar-refractivity contribution is 0.216. The topological polar surface area (TPSA) is 35.8 Å². The number of rotatable bonds is 2. The lowest BCUT2D eigenvalue weighted by Crippen LogP contribution is -2.50. The second-order valence-electron chi connectivity index (χ2n) is 3.76. The zero-order valence-corrected chi connectivity index (χ0v) is 8.06. The molecular formula is C10H18N2. The van der Waals surface area contributed by atoms with E-state index in [1.165, 1.54) is 19.3 Å². The maximum Gasteiger partial charge on any atom is 0.109 e. The van der Waals surface area contributed by atoms with Crippen LogP contribution in [0, 0.1) is 17.2 Å². The third-order valence-corrected chi connectivity index (χ3v) is 2.99. The Morgan fingerprint density at radius 1 is 1.58 bits per heavy atom. The number of hydrogen-bond acceptors (Lipinski definition) is 2. The quantitative estimate of drug-likeness (QED) is 0.681. The molecule has 0 saturated heterocycles. The van der Waals surface area contributed by atoms with E-state index in [0.717, 1.165) is 13.0 Å². The molecule has 0 spiro atoms. The highest BCUT2D eigenvalue weighted by molar-refractivity contribution is 5.11. The lowest BCUT2D eigenvalue weighted by atomic mass is 9.74. The predicted molar refractivity (Wildman–Crippen MR) is 49.7 cm³/mol. The van der Waals surface area contributed by atoms with Gasteiger partial charge in [-0.3, -0.25) is 5.32 Å². The molecule has 2 atom stereocenters. The minimum absolute atomic E-state index is 0.215. The zero-order chi connectivity index (χ0) is 9.03. The molecule has 0 aromatic carbocycles. The van der Waals surface area contributed by atoms with Crippen molar-refractivity contribution in [3.05, 3.63) is 0 Å². The Morgan fingerprint density at radius 2 is 2.33 bits per heavy atom. The molecule has 12 heavy (non-hydrogen) atoms. The first-order valence-electron chi connectivity index (χ1n) is 4.91. The van der Waals surface area contributed by atoms with E-state index in [0.29, 0.717) is 5.92 Å². The van der Waals surface area contributed by atoms with E-state index >= 15 is 0 Å². The number of nitrogens with zero attached hydrogens (tertiary/aromatic N) is 1. The molecule has 0 aromatic rings. The second kappa shape index (κ2) is 3.91. The Kier molecular flexibility index (Phi) is 3.11. The Bertz CT molecular complexity index is 179. The summed E-state index contributed by atoms with van der Waals surface area (Å²) in [6.45, 7) is 5.16. The summed E-state index contributed by atoms with van der Waals surface area (Å²) in [6, 6.07) is 2.46. The Morgan fingerprint density at radius 3 is 2.83 bits per heavy atom. The SMILES string of the molecule is CCNC1(C#N)CCCCC1C. The van der Waals surface area contributed by atoms with Crippen LogP contribution in [0.2, 0.25) is 0 Å². The summed E-state index contributed by atoms with van der Waals surface area (Å²) in [5, 5.41) is 12.5. The molecule has 1 N–H and O–H groups in total. The van der Waals surface area contributed by atoms with Gasteiger partial charge < -0.3 is 0 Å². The molecular weight excluding hydrogens is 148 g/mol. The Labute approximate surface area is 75.0 Å². The molecule has 0 aromatic heterocycles. The average molecular weight is 166 g/mol. The van der Waals surface area contributed by atoms with Crippen molar-refractivity contribution in [3.63, 3.8) is 0 Å². The van der Waals surface area contributed by atoms with Gasteiger partial charge in [-0.25, -0.2) is 0 Å². The lowest BCUT2D eigenvalue weighted by Gasteiger charge is -2.37. The minimum atomic E-state index is -0.215. The van der Waals surface area contributed by atoms with Crippen LogP contribution in [0.1, 0.15) is 39.5 Å². The fraction of sp³-hybridized carbons (Fsp3) is 0.900. The van der Waals surface area contributed by atoms with Crippen LogP contribution in [0.25, 0.3) is 0 Å². The highest BCUT2D eigenvalue weighted by atomic mass is 15.0. The summed E-state index contributed by atoms with van der Waals surface area (Å²) >= 11 is 0. The van der Waals surface area contributed by atoms with Crippen molar-refractivity contribution in [2.45, 2.75) is 45.1 Å². The molecule has 68 valence electrons. The molecule has 0 aliphatic heterocycles. The van der Waals surface area contributed by atoms with E-state index < -0.39 is 0 Å². The van der Waals surface area contributed by atoms with Crippen LogP contribution >= 0.6 is 0 Å². The third kappa shape index (κ3) is 1.61. The van der Waals surface area contributed by atoms with Gasteiger partial charge in [0.1, 0.15) is 5.54 Å². The zero-order valence-electron chi connectivity index (χ0n) is 8.06. The van der Waals surface area contributed by atoms with Crippen LogP contribution in [-0.2, 0) is 0 Å². The normalized spacial score (nSPS) is 35.9. The summed E-state index contributed by atoms with van der Waals surface area (Å²) in [5.41, 5.74) is -0.215. The largest absolute Gasteiger partial charge is 0.299 e. The van der Waals surface area contributed by atoms with E-state index in [1.807, 2.05) is 0 Å². The molecule has 1 saturated carbocycles. The third-order valence-electron chi connectivity index (χ3n) is 2.99. The molecule has 1 aliphatic carbocycles. The van der Waals surface area contributed by atoms with Crippen molar-refractivity contribution >= 4 is 0 Å². The molecule has 1 fully saturated rings. The van der Waals surface area contributed by atoms with Crippen LogP contribution in [-0.4, -0.2) is 12.1 Å². The van der Waals surface area contributed by atoms with Crippen molar-refractivity contribution < 1.29 is 0 Å². The average Bonchev–Trinajstić information content (AvgIpc) is 2.10. The summed E-state index contributed by atoms with van der Waals surface area (Å²) in [5.74, 6) is 0.510. The Hall–Kier alpha value is -0.550. The summed E-state index contributed by atoms with van der Waals surface area (Å²) in [7, 11) is 0. The highest BCUT2D eigenvalue weighted by Gasteiger charge is 2.37. The van der Waals surface area contributed by atoms with Crippen molar-refractivity contribution in [3.8, 4) is 6.07 Å². The van der Waals surface area contributed by atoms with Gasteiger partial charge in [0.25, 0.3) is 0 Å². The first kappa shape index (κ1) is 9.54. The van der Waals surface area contributed by atoms with E-state index in [2.05, 4.69) is 25.2 Å². The van der Waals surface area contributed by atoms with Gasteiger partial charge in [0.05, 0.1) is 6.07 Å². The molecule has 2 unspecified atom stereocenters. The van der Waals surface area contributed by atoms with Crippen LogP contribution in [0.4, 0.5) is 0 Å². The van der Waals surface area contributed by atoms with E-state index in [4.69, 9.17) is 5.26 Å². The number of nitriles is 1. The van der Waals surface area contributed by atoms with Crippen LogP contribution in [0.5, 0.6) is 0 Å². The summed E-state index contributed by atoms with van der Waals surface area (Å²) < 4.78 is 0. The first-order valence-corrected chi connectivity index (χ1v) is 4.91. The van der Waals surface area contributed by atoms with E-state index in [9.17, 15) is 0 Å². The van der Waals surface area contributed by atoms with Gasteiger partial charge in [-0.1, -0.05) is 26.7 Å². The van der Waals surface area contributed by atoms with Crippen molar-refractivity contribution in [2.24, 2.45) is 5.92 Å². The van der Waals surface area contributed by atoms with Gasteiger partial charge in [-0.2, -0.15) is 5.26 Å². The molecule has 0 heterocycles. The fourth-order valence-corrected chi connectivity index (χ4v) is 2.13. The van der Waals surface area contributed by atoms with Crippen molar-refractivity contribution in [1.29, 1.82) is 5.26 Å². The fourth-order valence-electron chi connectivity index (χ4n) is 2.13. The van der Waals surface area contributed by atoms with Gasteiger partial charge in [0.15, 0.2) is 0 Å². The van der Waals surface area contributed by atoms with Crippen LogP contribution < -0.4 is 5.32 Å². The maximum absolute atomic E-state index is 9.13. The summed E-state index contributed by atoms with van der Waals surface area (Å²) in [4.78, 5) is 0. The van der Waals surface area contributed by atoms with Crippen molar-refractivity contribution in [2.75, 3.05) is 6.54 Å². The molecule has 2 heteroatoms. The monoisotopic (exact) mass is 166 g/mol. The van der Waals surface area contributed by atoms with Crippen molar-refractivity contribution in [1.82, 2.24) is 5.32 Å². The molecule has 0 bridgehead atoms. The molecule has 1 rings (SSSR count). The van der Waals surface area contributed by atoms with Crippen LogP contribution in [0.3, 0.4) is 0 Å². The maximum atomic E-state index is 9.13. The van der Waals surface area contributed by atoms with E-state index in [-0.39, 0.29) is 5.54 Å². The molecule has 1 aliphatic rings. The number of hydrogen-bond donors (Lipinski definition) is 1. The smallest absolute Gasteiger partial charge is 0.109 e. The number of nitrogens with one attached hydrogen (secondary N) is 1. The Balaban J connectivity index is 2.68. The highest BCUT2D eigenvalue weighted by Crippen LogP contribution is 2.32. The predicted octanol–water partition coefficient (Wildman–Crippen LogP) is 2.07. The van der Waals surface area contributed by atoms with E-state index in [1.54, 1.807) is 0 Å².